The van der Waals surface area contributed by atoms with E-state index in [9.17, 15) is 5.11 Å². The predicted octanol–water partition coefficient (Wildman–Crippen LogP) is 3.23. The summed E-state index contributed by atoms with van der Waals surface area (Å²) in [6.45, 7) is 0.665. The van der Waals surface area contributed by atoms with Gasteiger partial charge in [0.25, 0.3) is 0 Å². The number of hydrogen-bond acceptors (Lipinski definition) is 3. The normalized spacial score (nSPS) is 24.6. The maximum Gasteiger partial charge on any atom is 0.0848 e. The van der Waals surface area contributed by atoms with Gasteiger partial charge in [0.1, 0.15) is 0 Å². The lowest BCUT2D eigenvalue weighted by Crippen LogP contribution is -2.36. The standard InChI is InChI=1S/C17H30N2O/c20-17(14-19-16-10-5-2-6-11-16)12-7-13-18-15-8-3-1-4-9-15/h7,12-13,15-17,19-20H,1-6,8-11,14H2. The fourth-order valence-corrected chi connectivity index (χ4v) is 3.24. The van der Waals surface area contributed by atoms with Crippen LogP contribution < -0.4 is 5.32 Å². The Kier molecular flexibility index (Phi) is 7.31. The number of allylic oxidation sites excluding steroid dienone is 1. The molecule has 0 heterocycles. The van der Waals surface area contributed by atoms with E-state index in [2.05, 4.69) is 10.3 Å². The van der Waals surface area contributed by atoms with Crippen LogP contribution in [-0.4, -0.2) is 36.1 Å². The fourth-order valence-electron chi connectivity index (χ4n) is 3.24. The molecule has 114 valence electrons. The molecule has 0 spiro atoms. The number of aliphatic hydroxyl groups is 1. The summed E-state index contributed by atoms with van der Waals surface area (Å²) in [6.07, 6.45) is 18.3. The molecule has 2 N–H and O–H groups in total. The largest absolute Gasteiger partial charge is 0.388 e. The average molecular weight is 278 g/mol. The first-order valence-corrected chi connectivity index (χ1v) is 8.46. The summed E-state index contributed by atoms with van der Waals surface area (Å²) in [4.78, 5) is 4.56. The molecule has 2 aliphatic rings. The van der Waals surface area contributed by atoms with Crippen molar-refractivity contribution in [2.75, 3.05) is 6.54 Å². The Morgan fingerprint density at radius 3 is 2.35 bits per heavy atom. The van der Waals surface area contributed by atoms with E-state index in [1.807, 2.05) is 18.4 Å². The molecule has 2 saturated carbocycles. The molecule has 20 heavy (non-hydrogen) atoms. The van der Waals surface area contributed by atoms with Gasteiger partial charge >= 0.3 is 0 Å². The van der Waals surface area contributed by atoms with Gasteiger partial charge < -0.3 is 10.4 Å². The van der Waals surface area contributed by atoms with Crippen LogP contribution in [-0.2, 0) is 0 Å². The van der Waals surface area contributed by atoms with E-state index in [0.717, 1.165) is 0 Å². The van der Waals surface area contributed by atoms with Gasteiger partial charge in [-0.1, -0.05) is 44.6 Å². The molecule has 1 atom stereocenters. The van der Waals surface area contributed by atoms with Gasteiger partial charge in [0, 0.05) is 24.8 Å². The van der Waals surface area contributed by atoms with Gasteiger partial charge in [-0.15, -0.1) is 0 Å². The van der Waals surface area contributed by atoms with E-state index in [-0.39, 0.29) is 0 Å². The zero-order valence-corrected chi connectivity index (χ0v) is 12.6. The summed E-state index contributed by atoms with van der Waals surface area (Å²) in [5.74, 6) is 0. The molecular weight excluding hydrogens is 248 g/mol. The molecule has 0 saturated heterocycles. The molecule has 0 aromatic heterocycles. The first kappa shape index (κ1) is 15.7. The second-order valence-corrected chi connectivity index (χ2v) is 6.29. The molecule has 1 unspecified atom stereocenters. The van der Waals surface area contributed by atoms with Gasteiger partial charge in [-0.3, -0.25) is 4.99 Å². The number of hydrogen-bond donors (Lipinski definition) is 2. The first-order chi connectivity index (χ1) is 9.84. The summed E-state index contributed by atoms with van der Waals surface area (Å²) in [6, 6.07) is 1.13. The minimum absolute atomic E-state index is 0.394. The van der Waals surface area contributed by atoms with Crippen LogP contribution in [0, 0.1) is 0 Å². The second-order valence-electron chi connectivity index (χ2n) is 6.29. The summed E-state index contributed by atoms with van der Waals surface area (Å²) < 4.78 is 0. The molecular formula is C17H30N2O. The highest BCUT2D eigenvalue weighted by atomic mass is 16.3. The number of nitrogens with zero attached hydrogens (tertiary/aromatic N) is 1. The monoisotopic (exact) mass is 278 g/mol. The van der Waals surface area contributed by atoms with Crippen LogP contribution in [0.4, 0.5) is 0 Å². The number of nitrogens with one attached hydrogen (secondary N) is 1. The highest BCUT2D eigenvalue weighted by molar-refractivity contribution is 5.71. The van der Waals surface area contributed by atoms with E-state index in [1.165, 1.54) is 64.2 Å². The van der Waals surface area contributed by atoms with Crippen LogP contribution in [0.1, 0.15) is 64.2 Å². The van der Waals surface area contributed by atoms with Crippen molar-refractivity contribution >= 4 is 6.21 Å². The van der Waals surface area contributed by atoms with Crippen LogP contribution in [0.2, 0.25) is 0 Å². The summed E-state index contributed by atoms with van der Waals surface area (Å²) in [5, 5.41) is 13.4. The van der Waals surface area contributed by atoms with Crippen molar-refractivity contribution in [2.24, 2.45) is 4.99 Å². The van der Waals surface area contributed by atoms with Gasteiger partial charge in [0.2, 0.25) is 0 Å². The highest BCUT2D eigenvalue weighted by Gasteiger charge is 2.13. The third-order valence-corrected chi connectivity index (χ3v) is 4.51. The van der Waals surface area contributed by atoms with Crippen LogP contribution in [0.3, 0.4) is 0 Å². The molecule has 2 aliphatic carbocycles. The average Bonchev–Trinajstić information content (AvgIpc) is 2.52. The van der Waals surface area contributed by atoms with Crippen LogP contribution in [0.15, 0.2) is 17.1 Å². The molecule has 3 heteroatoms. The molecule has 0 radical (unpaired) electrons. The van der Waals surface area contributed by atoms with Gasteiger partial charge in [-0.2, -0.15) is 0 Å². The highest BCUT2D eigenvalue weighted by Crippen LogP contribution is 2.19. The maximum atomic E-state index is 9.91. The minimum atomic E-state index is -0.394. The second kappa shape index (κ2) is 9.30. The van der Waals surface area contributed by atoms with Crippen LogP contribution in [0.5, 0.6) is 0 Å². The molecule has 0 amide bonds. The Morgan fingerprint density at radius 2 is 1.65 bits per heavy atom. The third-order valence-electron chi connectivity index (χ3n) is 4.51. The van der Waals surface area contributed by atoms with Crippen molar-refractivity contribution in [1.29, 1.82) is 0 Å². The van der Waals surface area contributed by atoms with E-state index < -0.39 is 6.10 Å². The van der Waals surface area contributed by atoms with Gasteiger partial charge in [0.05, 0.1) is 6.10 Å². The zero-order valence-electron chi connectivity index (χ0n) is 12.6. The molecule has 0 aliphatic heterocycles. The fraction of sp³-hybridized carbons (Fsp3) is 0.824. The Hall–Kier alpha value is -0.670. The first-order valence-electron chi connectivity index (χ1n) is 8.46. The van der Waals surface area contributed by atoms with E-state index in [4.69, 9.17) is 0 Å². The lowest BCUT2D eigenvalue weighted by atomic mass is 9.95. The molecule has 2 rings (SSSR count). The molecule has 0 aromatic rings. The summed E-state index contributed by atoms with van der Waals surface area (Å²) in [5.41, 5.74) is 0. The third kappa shape index (κ3) is 6.19. The van der Waals surface area contributed by atoms with Crippen molar-refractivity contribution in [3.05, 3.63) is 12.2 Å². The van der Waals surface area contributed by atoms with Crippen molar-refractivity contribution in [1.82, 2.24) is 5.32 Å². The zero-order chi connectivity index (χ0) is 14.0. The quantitative estimate of drug-likeness (QED) is 0.733. The lowest BCUT2D eigenvalue weighted by molar-refractivity contribution is 0.207. The Morgan fingerprint density at radius 1 is 1.00 bits per heavy atom. The predicted molar refractivity (Wildman–Crippen MR) is 85.4 cm³/mol. The van der Waals surface area contributed by atoms with Crippen molar-refractivity contribution < 1.29 is 5.11 Å². The Labute approximate surface area is 123 Å². The molecule has 2 fully saturated rings. The Bertz CT molecular complexity index is 302. The van der Waals surface area contributed by atoms with Crippen molar-refractivity contribution in [3.8, 4) is 0 Å². The van der Waals surface area contributed by atoms with E-state index in [1.54, 1.807) is 0 Å². The maximum absolute atomic E-state index is 9.91. The SMILES string of the molecule is OC(C=CC=NC1CCCCC1)CNC1CCCCC1. The van der Waals surface area contributed by atoms with Crippen LogP contribution >= 0.6 is 0 Å². The number of aliphatic imine (C=N–C) groups is 1. The molecule has 3 nitrogen and oxygen atoms in total. The summed E-state index contributed by atoms with van der Waals surface area (Å²) >= 11 is 0. The number of aliphatic hydroxyl groups excluding tert-OH is 1. The number of rotatable bonds is 6. The summed E-state index contributed by atoms with van der Waals surface area (Å²) in [7, 11) is 0. The van der Waals surface area contributed by atoms with Crippen molar-refractivity contribution in [2.45, 2.75) is 82.4 Å². The molecule has 0 aromatic carbocycles. The van der Waals surface area contributed by atoms with Crippen molar-refractivity contribution in [3.63, 3.8) is 0 Å². The van der Waals surface area contributed by atoms with E-state index >= 15 is 0 Å². The van der Waals surface area contributed by atoms with E-state index in [0.29, 0.717) is 18.6 Å². The topological polar surface area (TPSA) is 44.6 Å². The molecule has 0 bridgehead atoms. The minimum Gasteiger partial charge on any atom is -0.388 e. The Balaban J connectivity index is 1.59. The van der Waals surface area contributed by atoms with Crippen LogP contribution in [0.25, 0.3) is 0 Å². The lowest BCUT2D eigenvalue weighted by Gasteiger charge is -2.23. The van der Waals surface area contributed by atoms with Gasteiger partial charge in [-0.25, -0.2) is 0 Å². The van der Waals surface area contributed by atoms with Gasteiger partial charge in [0.15, 0.2) is 0 Å². The van der Waals surface area contributed by atoms with Gasteiger partial charge in [-0.05, 0) is 31.8 Å². The smallest absolute Gasteiger partial charge is 0.0848 e.